The molecule has 0 amide bonds. The van der Waals surface area contributed by atoms with Gasteiger partial charge in [0, 0.05) is 21.9 Å². The Balaban J connectivity index is 1.05. The fourth-order valence-electron chi connectivity index (χ4n) is 6.23. The quantitative estimate of drug-likeness (QED) is 0.202. The minimum absolute atomic E-state index is 0.864. The van der Waals surface area contributed by atoms with Crippen LogP contribution in [0.3, 0.4) is 0 Å². The summed E-state index contributed by atoms with van der Waals surface area (Å²) in [5, 5.41) is 9.48. The maximum absolute atomic E-state index is 5.03. The van der Waals surface area contributed by atoms with E-state index >= 15 is 0 Å². The molecule has 3 heteroatoms. The molecule has 0 aliphatic rings. The molecule has 0 saturated heterocycles. The molecule has 0 fully saturated rings. The lowest BCUT2D eigenvalue weighted by Gasteiger charge is -2.09. The first-order valence-electron chi connectivity index (χ1n) is 14.8. The number of rotatable bonds is 3. The van der Waals surface area contributed by atoms with Gasteiger partial charge in [0.05, 0.1) is 33.8 Å². The van der Waals surface area contributed by atoms with Gasteiger partial charge in [0.15, 0.2) is 0 Å². The van der Waals surface area contributed by atoms with E-state index in [1.54, 1.807) is 0 Å². The second-order valence-corrected chi connectivity index (χ2v) is 11.4. The SMILES string of the molecule is c1cc(-c2ccc3cc(-c4ccc5cc6ccccc6cc5n4)ccc3c2)nc(-c2ccc3cc4ccccc4cc3n2)c1. The number of pyridine rings is 3. The second-order valence-electron chi connectivity index (χ2n) is 11.4. The van der Waals surface area contributed by atoms with E-state index in [9.17, 15) is 0 Å². The third-order valence-corrected chi connectivity index (χ3v) is 8.56. The van der Waals surface area contributed by atoms with Crippen LogP contribution >= 0.6 is 0 Å². The highest BCUT2D eigenvalue weighted by atomic mass is 14.8. The zero-order valence-electron chi connectivity index (χ0n) is 23.8. The third-order valence-electron chi connectivity index (χ3n) is 8.56. The molecule has 3 nitrogen and oxygen atoms in total. The number of benzene rings is 6. The summed E-state index contributed by atoms with van der Waals surface area (Å²) >= 11 is 0. The monoisotopic (exact) mass is 559 g/mol. The average Bonchev–Trinajstić information content (AvgIpc) is 3.09. The van der Waals surface area contributed by atoms with Crippen LogP contribution in [0.1, 0.15) is 0 Å². The van der Waals surface area contributed by atoms with Crippen molar-refractivity contribution in [3.63, 3.8) is 0 Å². The summed E-state index contributed by atoms with van der Waals surface area (Å²) in [5.41, 5.74) is 7.81. The molecule has 0 radical (unpaired) electrons. The highest BCUT2D eigenvalue weighted by Crippen LogP contribution is 2.31. The predicted molar refractivity (Wildman–Crippen MR) is 184 cm³/mol. The highest BCUT2D eigenvalue weighted by Gasteiger charge is 2.09. The van der Waals surface area contributed by atoms with Crippen molar-refractivity contribution in [1.82, 2.24) is 15.0 Å². The van der Waals surface area contributed by atoms with Gasteiger partial charge >= 0.3 is 0 Å². The van der Waals surface area contributed by atoms with E-state index in [0.29, 0.717) is 0 Å². The molecular weight excluding hydrogens is 534 g/mol. The first-order chi connectivity index (χ1) is 21.7. The first kappa shape index (κ1) is 24.6. The largest absolute Gasteiger partial charge is 0.248 e. The summed E-state index contributed by atoms with van der Waals surface area (Å²) in [7, 11) is 0. The Labute approximate surface area is 254 Å². The molecule has 0 atom stereocenters. The number of nitrogens with zero attached hydrogens (tertiary/aromatic N) is 3. The normalized spacial score (nSPS) is 11.6. The van der Waals surface area contributed by atoms with Gasteiger partial charge in [-0.15, -0.1) is 0 Å². The third kappa shape index (κ3) is 4.26. The smallest absolute Gasteiger partial charge is 0.0894 e. The molecule has 0 spiro atoms. The maximum Gasteiger partial charge on any atom is 0.0894 e. The topological polar surface area (TPSA) is 38.7 Å². The fourth-order valence-corrected chi connectivity index (χ4v) is 6.23. The van der Waals surface area contributed by atoms with E-state index in [1.807, 2.05) is 6.07 Å². The summed E-state index contributed by atoms with van der Waals surface area (Å²) in [6.45, 7) is 0. The van der Waals surface area contributed by atoms with E-state index in [4.69, 9.17) is 15.0 Å². The Morgan fingerprint density at radius 1 is 0.250 bits per heavy atom. The summed E-state index contributed by atoms with van der Waals surface area (Å²) in [4.78, 5) is 15.0. The van der Waals surface area contributed by atoms with E-state index in [0.717, 1.165) is 55.7 Å². The van der Waals surface area contributed by atoms with E-state index in [-0.39, 0.29) is 0 Å². The molecule has 0 bridgehead atoms. The van der Waals surface area contributed by atoms with Gasteiger partial charge in [0.1, 0.15) is 0 Å². The van der Waals surface area contributed by atoms with Crippen LogP contribution < -0.4 is 0 Å². The van der Waals surface area contributed by atoms with Gasteiger partial charge in [-0.3, -0.25) is 0 Å². The molecule has 0 aliphatic carbocycles. The Morgan fingerprint density at radius 2 is 0.659 bits per heavy atom. The molecule has 204 valence electrons. The average molecular weight is 560 g/mol. The van der Waals surface area contributed by atoms with Crippen molar-refractivity contribution in [1.29, 1.82) is 0 Å². The first-order valence-corrected chi connectivity index (χ1v) is 14.8. The van der Waals surface area contributed by atoms with Gasteiger partial charge in [-0.1, -0.05) is 91.0 Å². The summed E-state index contributed by atoms with van der Waals surface area (Å²) in [6, 6.07) is 53.3. The van der Waals surface area contributed by atoms with E-state index < -0.39 is 0 Å². The van der Waals surface area contributed by atoms with Crippen LogP contribution in [0.15, 0.2) is 152 Å². The van der Waals surface area contributed by atoms with Crippen molar-refractivity contribution in [2.75, 3.05) is 0 Å². The van der Waals surface area contributed by atoms with Crippen LogP contribution in [0, 0.1) is 0 Å². The van der Waals surface area contributed by atoms with Crippen LogP contribution in [0.25, 0.3) is 88.0 Å². The molecule has 0 N–H and O–H groups in total. The summed E-state index contributed by atoms with van der Waals surface area (Å²) in [6.07, 6.45) is 0. The van der Waals surface area contributed by atoms with Crippen molar-refractivity contribution in [2.45, 2.75) is 0 Å². The molecule has 9 rings (SSSR count). The fraction of sp³-hybridized carbons (Fsp3) is 0. The number of hydrogen-bond acceptors (Lipinski definition) is 3. The number of hydrogen-bond donors (Lipinski definition) is 0. The van der Waals surface area contributed by atoms with Gasteiger partial charge in [-0.2, -0.15) is 0 Å². The molecule has 44 heavy (non-hydrogen) atoms. The lowest BCUT2D eigenvalue weighted by molar-refractivity contribution is 1.28. The Hall–Kier alpha value is -5.93. The van der Waals surface area contributed by atoms with Crippen LogP contribution in [-0.2, 0) is 0 Å². The van der Waals surface area contributed by atoms with Crippen molar-refractivity contribution < 1.29 is 0 Å². The number of aromatic nitrogens is 3. The van der Waals surface area contributed by atoms with Gasteiger partial charge in [0.2, 0.25) is 0 Å². The van der Waals surface area contributed by atoms with E-state index in [2.05, 4.69) is 146 Å². The summed E-state index contributed by atoms with van der Waals surface area (Å²) in [5.74, 6) is 0. The van der Waals surface area contributed by atoms with Gasteiger partial charge in [-0.25, -0.2) is 15.0 Å². The van der Waals surface area contributed by atoms with Crippen LogP contribution in [0.2, 0.25) is 0 Å². The summed E-state index contributed by atoms with van der Waals surface area (Å²) < 4.78 is 0. The Kier molecular flexibility index (Phi) is 5.50. The molecule has 3 heterocycles. The molecular formula is C41H25N3. The molecule has 0 aliphatic heterocycles. The van der Waals surface area contributed by atoms with Crippen LogP contribution in [0.4, 0.5) is 0 Å². The second kappa shape index (κ2) is 9.82. The molecule has 3 aromatic heterocycles. The zero-order chi connectivity index (χ0) is 29.0. The Morgan fingerprint density at radius 3 is 1.25 bits per heavy atom. The van der Waals surface area contributed by atoms with Gasteiger partial charge < -0.3 is 0 Å². The standard InChI is InChI=1S/C41H25N3/c1-3-8-28-24-40-34(20-26(28)6-1)16-18-37(43-40)33-15-13-30-22-32(14-12-31(30)23-33)36-10-5-11-38(42-36)39-19-17-35-21-27-7-2-4-9-29(27)25-41(35)44-39/h1-25H. The minimum Gasteiger partial charge on any atom is -0.248 e. The maximum atomic E-state index is 5.03. The van der Waals surface area contributed by atoms with Crippen LogP contribution in [-0.4, -0.2) is 15.0 Å². The van der Waals surface area contributed by atoms with Crippen molar-refractivity contribution in [3.05, 3.63) is 152 Å². The van der Waals surface area contributed by atoms with Crippen LogP contribution in [0.5, 0.6) is 0 Å². The van der Waals surface area contributed by atoms with Gasteiger partial charge in [-0.05, 0) is 93.0 Å². The number of fused-ring (bicyclic) bond motifs is 5. The molecule has 0 unspecified atom stereocenters. The Bertz CT molecular complexity index is 2570. The van der Waals surface area contributed by atoms with Gasteiger partial charge in [0.25, 0.3) is 0 Å². The molecule has 0 saturated carbocycles. The molecule has 6 aromatic carbocycles. The highest BCUT2D eigenvalue weighted by molar-refractivity contribution is 5.98. The van der Waals surface area contributed by atoms with Crippen molar-refractivity contribution in [3.8, 4) is 33.9 Å². The lowest BCUT2D eigenvalue weighted by Crippen LogP contribution is -1.91. The minimum atomic E-state index is 0.864. The van der Waals surface area contributed by atoms with Crippen molar-refractivity contribution in [2.24, 2.45) is 0 Å². The van der Waals surface area contributed by atoms with Crippen molar-refractivity contribution >= 4 is 54.1 Å². The lowest BCUT2D eigenvalue weighted by atomic mass is 10.0. The van der Waals surface area contributed by atoms with E-state index in [1.165, 1.54) is 32.3 Å². The predicted octanol–water partition coefficient (Wildman–Crippen LogP) is 10.6. The molecule has 9 aromatic rings. The zero-order valence-corrected chi connectivity index (χ0v) is 23.8.